The monoisotopic (exact) mass is 264 g/mol. The highest BCUT2D eigenvalue weighted by atomic mass is 32.1. The predicted octanol–water partition coefficient (Wildman–Crippen LogP) is 2.18. The van der Waals surface area contributed by atoms with Crippen LogP contribution in [-0.2, 0) is 4.74 Å². The summed E-state index contributed by atoms with van der Waals surface area (Å²) in [6.45, 7) is 2.88. The molecular weight excluding hydrogens is 244 g/mol. The number of hydrogen-bond donors (Lipinski definition) is 1. The Hall–Kier alpha value is -1.13. The van der Waals surface area contributed by atoms with E-state index in [1.54, 1.807) is 0 Å². The van der Waals surface area contributed by atoms with Crippen LogP contribution in [0.1, 0.15) is 18.4 Å². The lowest BCUT2D eigenvalue weighted by Gasteiger charge is -2.28. The van der Waals surface area contributed by atoms with E-state index in [0.717, 1.165) is 44.1 Å². The molecule has 0 radical (unpaired) electrons. The maximum Gasteiger partial charge on any atom is 0.103 e. The summed E-state index contributed by atoms with van der Waals surface area (Å²) in [5, 5.41) is 0. The van der Waals surface area contributed by atoms with Crippen LogP contribution in [0.15, 0.2) is 24.3 Å². The molecule has 0 bridgehead atoms. The third kappa shape index (κ3) is 3.43. The number of nitrogens with zero attached hydrogens (tertiary/aromatic N) is 1. The van der Waals surface area contributed by atoms with E-state index < -0.39 is 0 Å². The topological polar surface area (TPSA) is 38.5 Å². The van der Waals surface area contributed by atoms with Gasteiger partial charge in [-0.15, -0.1) is 0 Å². The molecule has 1 fully saturated rings. The van der Waals surface area contributed by atoms with Crippen molar-refractivity contribution in [2.75, 3.05) is 31.7 Å². The molecule has 3 nitrogen and oxygen atoms in total. The van der Waals surface area contributed by atoms with Crippen LogP contribution in [0.25, 0.3) is 0 Å². The maximum absolute atomic E-state index is 5.59. The molecule has 1 aliphatic rings. The second-order valence-electron chi connectivity index (χ2n) is 4.85. The second-order valence-corrected chi connectivity index (χ2v) is 5.29. The van der Waals surface area contributed by atoms with E-state index in [2.05, 4.69) is 24.1 Å². The van der Waals surface area contributed by atoms with Crippen LogP contribution in [0.3, 0.4) is 0 Å². The molecule has 4 heteroatoms. The Kier molecular flexibility index (Phi) is 4.55. The van der Waals surface area contributed by atoms with Gasteiger partial charge in [0.1, 0.15) is 4.99 Å². The van der Waals surface area contributed by atoms with Crippen LogP contribution in [0.4, 0.5) is 5.69 Å². The van der Waals surface area contributed by atoms with Gasteiger partial charge in [0.2, 0.25) is 0 Å². The van der Waals surface area contributed by atoms with Crippen molar-refractivity contribution in [3.63, 3.8) is 0 Å². The maximum atomic E-state index is 5.59. The van der Waals surface area contributed by atoms with Crippen molar-refractivity contribution < 1.29 is 4.74 Å². The molecule has 1 heterocycles. The summed E-state index contributed by atoms with van der Waals surface area (Å²) in [5.41, 5.74) is 7.73. The average Bonchev–Trinajstić information content (AvgIpc) is 2.40. The summed E-state index contributed by atoms with van der Waals surface area (Å²) in [4.78, 5) is 2.74. The molecule has 1 saturated heterocycles. The Morgan fingerprint density at radius 1 is 1.33 bits per heavy atom. The van der Waals surface area contributed by atoms with Gasteiger partial charge in [0.15, 0.2) is 0 Å². The molecule has 0 amide bonds. The van der Waals surface area contributed by atoms with Crippen LogP contribution in [0, 0.1) is 5.92 Å². The standard InChI is InChI=1S/C14H20N2OS/c1-16(10-11-6-8-17-9-7-11)13-4-2-12(3-5-13)14(15)18/h2-5,11H,6-10H2,1H3,(H2,15,18). The zero-order chi connectivity index (χ0) is 13.0. The molecule has 0 aliphatic carbocycles. The third-order valence-electron chi connectivity index (χ3n) is 3.47. The lowest BCUT2D eigenvalue weighted by Crippen LogP contribution is -2.29. The molecule has 1 aromatic carbocycles. The number of benzene rings is 1. The fraction of sp³-hybridized carbons (Fsp3) is 0.500. The van der Waals surface area contributed by atoms with Crippen LogP contribution in [0.2, 0.25) is 0 Å². The Labute approximate surface area is 114 Å². The van der Waals surface area contributed by atoms with Gasteiger partial charge in [-0.25, -0.2) is 0 Å². The van der Waals surface area contributed by atoms with Crippen molar-refractivity contribution in [2.24, 2.45) is 11.7 Å². The summed E-state index contributed by atoms with van der Waals surface area (Å²) in [6.07, 6.45) is 2.32. The molecule has 18 heavy (non-hydrogen) atoms. The van der Waals surface area contributed by atoms with Gasteiger partial charge in [0.25, 0.3) is 0 Å². The zero-order valence-electron chi connectivity index (χ0n) is 10.8. The highest BCUT2D eigenvalue weighted by Crippen LogP contribution is 2.20. The fourth-order valence-electron chi connectivity index (χ4n) is 2.30. The molecule has 0 saturated carbocycles. The van der Waals surface area contributed by atoms with Gasteiger partial charge in [-0.1, -0.05) is 12.2 Å². The van der Waals surface area contributed by atoms with E-state index in [4.69, 9.17) is 22.7 Å². The van der Waals surface area contributed by atoms with Gasteiger partial charge in [-0.2, -0.15) is 0 Å². The first-order chi connectivity index (χ1) is 8.66. The summed E-state index contributed by atoms with van der Waals surface area (Å²) in [7, 11) is 2.13. The fourth-order valence-corrected chi connectivity index (χ4v) is 2.44. The Balaban J connectivity index is 1.95. The number of thiocarbonyl (C=S) groups is 1. The highest BCUT2D eigenvalue weighted by molar-refractivity contribution is 7.80. The molecule has 98 valence electrons. The largest absolute Gasteiger partial charge is 0.389 e. The minimum Gasteiger partial charge on any atom is -0.389 e. The van der Waals surface area contributed by atoms with Crippen molar-refractivity contribution in [3.05, 3.63) is 29.8 Å². The molecular formula is C14H20N2OS. The van der Waals surface area contributed by atoms with E-state index in [9.17, 15) is 0 Å². The number of rotatable bonds is 4. The Morgan fingerprint density at radius 2 is 1.94 bits per heavy atom. The minimum absolute atomic E-state index is 0.452. The molecule has 0 aromatic heterocycles. The van der Waals surface area contributed by atoms with Crippen molar-refractivity contribution in [1.29, 1.82) is 0 Å². The lowest BCUT2D eigenvalue weighted by atomic mass is 9.99. The quantitative estimate of drug-likeness (QED) is 0.846. The van der Waals surface area contributed by atoms with Crippen molar-refractivity contribution in [3.8, 4) is 0 Å². The van der Waals surface area contributed by atoms with Crippen LogP contribution >= 0.6 is 12.2 Å². The molecule has 0 spiro atoms. The molecule has 1 aliphatic heterocycles. The Morgan fingerprint density at radius 3 is 2.50 bits per heavy atom. The van der Waals surface area contributed by atoms with E-state index >= 15 is 0 Å². The molecule has 2 N–H and O–H groups in total. The Bertz CT molecular complexity index is 399. The van der Waals surface area contributed by atoms with E-state index in [1.165, 1.54) is 5.69 Å². The van der Waals surface area contributed by atoms with Gasteiger partial charge in [-0.3, -0.25) is 0 Å². The summed E-state index contributed by atoms with van der Waals surface area (Å²) >= 11 is 4.95. The lowest BCUT2D eigenvalue weighted by molar-refractivity contribution is 0.0685. The zero-order valence-corrected chi connectivity index (χ0v) is 11.6. The predicted molar refractivity (Wildman–Crippen MR) is 79.1 cm³/mol. The molecule has 2 rings (SSSR count). The summed E-state index contributed by atoms with van der Waals surface area (Å²) in [5.74, 6) is 0.735. The van der Waals surface area contributed by atoms with Crippen molar-refractivity contribution >= 4 is 22.9 Å². The van der Waals surface area contributed by atoms with Crippen LogP contribution in [0.5, 0.6) is 0 Å². The highest BCUT2D eigenvalue weighted by Gasteiger charge is 2.15. The number of anilines is 1. The van der Waals surface area contributed by atoms with E-state index in [-0.39, 0.29) is 0 Å². The van der Waals surface area contributed by atoms with Gasteiger partial charge >= 0.3 is 0 Å². The van der Waals surface area contributed by atoms with Crippen molar-refractivity contribution in [1.82, 2.24) is 0 Å². The van der Waals surface area contributed by atoms with Crippen LogP contribution in [-0.4, -0.2) is 31.8 Å². The average molecular weight is 264 g/mol. The van der Waals surface area contributed by atoms with Gasteiger partial charge in [0, 0.05) is 38.1 Å². The van der Waals surface area contributed by atoms with Gasteiger partial charge in [-0.05, 0) is 43.0 Å². The summed E-state index contributed by atoms with van der Waals surface area (Å²) in [6, 6.07) is 8.12. The van der Waals surface area contributed by atoms with Crippen molar-refractivity contribution in [2.45, 2.75) is 12.8 Å². The smallest absolute Gasteiger partial charge is 0.103 e. The minimum atomic E-state index is 0.452. The molecule has 0 atom stereocenters. The second kappa shape index (κ2) is 6.16. The number of hydrogen-bond acceptors (Lipinski definition) is 3. The number of nitrogens with two attached hydrogens (primary N) is 1. The van der Waals surface area contributed by atoms with Crippen LogP contribution < -0.4 is 10.6 Å². The molecule has 0 unspecified atom stereocenters. The number of ether oxygens (including phenoxy) is 1. The first-order valence-electron chi connectivity index (χ1n) is 6.35. The molecule has 1 aromatic rings. The van der Waals surface area contributed by atoms with Gasteiger partial charge in [0.05, 0.1) is 0 Å². The normalized spacial score (nSPS) is 16.5. The van der Waals surface area contributed by atoms with E-state index in [0.29, 0.717) is 4.99 Å². The first kappa shape index (κ1) is 13.3. The SMILES string of the molecule is CN(CC1CCOCC1)c1ccc(C(N)=S)cc1. The summed E-state index contributed by atoms with van der Waals surface area (Å²) < 4.78 is 5.38. The first-order valence-corrected chi connectivity index (χ1v) is 6.76. The van der Waals surface area contributed by atoms with E-state index in [1.807, 2.05) is 12.1 Å². The third-order valence-corrected chi connectivity index (χ3v) is 3.70. The van der Waals surface area contributed by atoms with Gasteiger partial charge < -0.3 is 15.4 Å².